The molecule has 12 nitrogen and oxygen atoms in total. The number of esters is 2. The predicted molar refractivity (Wildman–Crippen MR) is 163 cm³/mol. The van der Waals surface area contributed by atoms with Gasteiger partial charge in [-0.2, -0.15) is 0 Å². The van der Waals surface area contributed by atoms with Crippen LogP contribution in [0.15, 0.2) is 35.4 Å². The van der Waals surface area contributed by atoms with Gasteiger partial charge in [-0.3, -0.25) is 28.8 Å². The number of ether oxygens (including phenoxy) is 2. The number of ketones is 4. The molecule has 0 amide bonds. The van der Waals surface area contributed by atoms with Gasteiger partial charge in [0.2, 0.25) is 0 Å². The fourth-order valence-corrected chi connectivity index (χ4v) is 10.8. The van der Waals surface area contributed by atoms with E-state index >= 15 is 19.2 Å². The fourth-order valence-electron chi connectivity index (χ4n) is 10.8. The number of aliphatic hydroxyl groups is 2. The Morgan fingerprint density at radius 3 is 1.33 bits per heavy atom. The van der Waals surface area contributed by atoms with Crippen LogP contribution in [0.25, 0.3) is 11.5 Å². The molecule has 0 aliphatic heterocycles. The Bertz CT molecular complexity index is 1940. The summed E-state index contributed by atoms with van der Waals surface area (Å²) in [7, 11) is 0. The average molecular weight is 655 g/mol. The summed E-state index contributed by atoms with van der Waals surface area (Å²) in [6, 6.07) is 5.50. The fraction of sp³-hybridized carbons (Fsp3) is 0.389. The molecule has 48 heavy (non-hydrogen) atoms. The summed E-state index contributed by atoms with van der Waals surface area (Å²) in [6.07, 6.45) is 0. The summed E-state index contributed by atoms with van der Waals surface area (Å²) >= 11 is 0. The van der Waals surface area contributed by atoms with Crippen molar-refractivity contribution >= 4 is 46.6 Å². The van der Waals surface area contributed by atoms with E-state index in [9.17, 15) is 30.0 Å². The molecule has 0 saturated heterocycles. The molecular formula is C36H30O12. The molecule has 4 N–H and O–H groups in total. The van der Waals surface area contributed by atoms with E-state index in [1.54, 1.807) is 13.8 Å². The number of fused-ring (bicyclic) bond motifs is 4. The Labute approximate surface area is 272 Å². The van der Waals surface area contributed by atoms with Crippen LogP contribution in [0.5, 0.6) is 11.5 Å². The van der Waals surface area contributed by atoms with E-state index in [2.05, 4.69) is 0 Å². The normalized spacial score (nSPS) is 33.4. The number of hydrogen-bond acceptors (Lipinski definition) is 12. The van der Waals surface area contributed by atoms with Crippen molar-refractivity contribution < 1.29 is 58.7 Å². The quantitative estimate of drug-likeness (QED) is 0.351. The van der Waals surface area contributed by atoms with Crippen molar-refractivity contribution in [2.45, 2.75) is 27.7 Å². The highest BCUT2D eigenvalue weighted by Crippen LogP contribution is 2.83. The number of allylic oxidation sites excluding steroid dienone is 2. The van der Waals surface area contributed by atoms with Gasteiger partial charge in [-0.15, -0.1) is 0 Å². The molecular weight excluding hydrogens is 624 g/mol. The number of rotatable bonds is 4. The second-order valence-corrected chi connectivity index (χ2v) is 13.9. The highest BCUT2D eigenvalue weighted by Gasteiger charge is 2.89. The van der Waals surface area contributed by atoms with E-state index in [1.165, 1.54) is 24.3 Å². The first-order chi connectivity index (χ1) is 22.6. The van der Waals surface area contributed by atoms with Crippen molar-refractivity contribution in [2.75, 3.05) is 13.2 Å². The smallest absolute Gasteiger partial charge is 0.302 e. The second-order valence-electron chi connectivity index (χ2n) is 13.9. The van der Waals surface area contributed by atoms with Crippen molar-refractivity contribution in [2.24, 2.45) is 46.3 Å². The molecule has 2 aromatic rings. The number of aromatic hydroxyl groups is 2. The molecule has 6 aliphatic carbocycles. The molecule has 0 radical (unpaired) electrons. The number of benzene rings is 2. The monoisotopic (exact) mass is 654 g/mol. The Hall–Kier alpha value is -5.26. The summed E-state index contributed by atoms with van der Waals surface area (Å²) in [4.78, 5) is 85.1. The lowest BCUT2D eigenvalue weighted by Gasteiger charge is -2.55. The molecule has 6 aliphatic rings. The maximum Gasteiger partial charge on any atom is 0.302 e. The first-order valence-corrected chi connectivity index (χ1v) is 15.6. The number of aliphatic hydroxyl groups excluding tert-OH is 2. The second kappa shape index (κ2) is 9.21. The minimum Gasteiger partial charge on any atom is -0.507 e. The maximum absolute atomic E-state index is 15.2. The zero-order chi connectivity index (χ0) is 34.5. The lowest BCUT2D eigenvalue weighted by Crippen LogP contribution is -2.64. The maximum atomic E-state index is 15.2. The van der Waals surface area contributed by atoms with E-state index in [0.29, 0.717) is 11.1 Å². The number of carbonyl (C=O) groups excluding carboxylic acids is 6. The summed E-state index contributed by atoms with van der Waals surface area (Å²) in [6.45, 7) is 4.68. The Kier molecular flexibility index (Phi) is 5.77. The van der Waals surface area contributed by atoms with Gasteiger partial charge in [0.25, 0.3) is 0 Å². The van der Waals surface area contributed by atoms with Gasteiger partial charge in [0.1, 0.15) is 23.0 Å². The zero-order valence-corrected chi connectivity index (χ0v) is 26.2. The zero-order valence-electron chi connectivity index (χ0n) is 26.2. The SMILES string of the molecule is CC(=O)OC[C@@H]1[C@H]2[C@@H]3[C@@H](COC(C)=O)[C@H]4C(=O)C5=C(O)c6c(O)cc(C)cc6C(=O)[C@]53[C@@H]1C(=O)C1=C(O)c3c(O)cc(C)cc3C(=O)[C@]124. The number of hydrogen-bond donors (Lipinski definition) is 4. The molecule has 0 unspecified atom stereocenters. The van der Waals surface area contributed by atoms with E-state index in [1.807, 2.05) is 0 Å². The van der Waals surface area contributed by atoms with Gasteiger partial charge in [-0.25, -0.2) is 0 Å². The number of phenols is 2. The van der Waals surface area contributed by atoms with Gasteiger partial charge in [0.15, 0.2) is 23.1 Å². The van der Waals surface area contributed by atoms with Crippen molar-refractivity contribution in [1.29, 1.82) is 0 Å². The lowest BCUT2D eigenvalue weighted by molar-refractivity contribution is -0.150. The Morgan fingerprint density at radius 1 is 0.646 bits per heavy atom. The molecule has 12 heteroatoms. The van der Waals surface area contributed by atoms with Gasteiger partial charge in [0.05, 0.1) is 46.3 Å². The van der Waals surface area contributed by atoms with Crippen LogP contribution in [0, 0.1) is 60.2 Å². The summed E-state index contributed by atoms with van der Waals surface area (Å²) in [5, 5.41) is 45.8. The van der Waals surface area contributed by atoms with Gasteiger partial charge in [0, 0.05) is 48.6 Å². The molecule has 4 fully saturated rings. The number of Topliss-reactive ketones (excluding diaryl/α,β-unsaturated/α-hetero) is 4. The molecule has 8 atom stereocenters. The van der Waals surface area contributed by atoms with Crippen LogP contribution in [0.4, 0.5) is 0 Å². The standard InChI is InChI=1S/C36H30O12/c1-11-5-15-21(19(39)7-11)29(41)27-32(44)26-17(9-47-13(3)37)23-24-18(10-48-14(4)38)25(35(23,27)33(15)45)31(43)28-30(42)22-16(34(46)36(24,26)28)6-12(2)8-20(22)40/h5-8,17-18,23-26,39-42H,9-10H2,1-4H3/t17-,18-,23+,24+,25+,26+,35-,36-/m1/s1. The van der Waals surface area contributed by atoms with Gasteiger partial charge in [-0.05, 0) is 61.1 Å². The first kappa shape index (κ1) is 30.1. The van der Waals surface area contributed by atoms with Crippen LogP contribution < -0.4 is 0 Å². The molecule has 0 aromatic heterocycles. The van der Waals surface area contributed by atoms with Crippen molar-refractivity contribution in [3.05, 3.63) is 68.8 Å². The highest BCUT2D eigenvalue weighted by molar-refractivity contribution is 6.30. The number of phenolic OH excluding ortho intramolecular Hbond substituents is 2. The molecule has 2 aromatic carbocycles. The van der Waals surface area contributed by atoms with Gasteiger partial charge >= 0.3 is 11.9 Å². The van der Waals surface area contributed by atoms with Crippen LogP contribution >= 0.6 is 0 Å². The topological polar surface area (TPSA) is 202 Å². The minimum absolute atomic E-state index is 0.150. The van der Waals surface area contributed by atoms with Crippen LogP contribution in [0.3, 0.4) is 0 Å². The predicted octanol–water partition coefficient (Wildman–Crippen LogP) is 3.33. The van der Waals surface area contributed by atoms with E-state index < -0.39 is 129 Å². The highest BCUT2D eigenvalue weighted by atomic mass is 16.5. The molecule has 0 heterocycles. The van der Waals surface area contributed by atoms with Crippen molar-refractivity contribution in [3.63, 3.8) is 0 Å². The average Bonchev–Trinajstić information content (AvgIpc) is 3.40. The van der Waals surface area contributed by atoms with Crippen LogP contribution in [0.2, 0.25) is 0 Å². The molecule has 4 saturated carbocycles. The Balaban J connectivity index is 1.54. The van der Waals surface area contributed by atoms with E-state index in [4.69, 9.17) is 9.47 Å². The molecule has 8 rings (SSSR count). The van der Waals surface area contributed by atoms with Crippen LogP contribution in [0.1, 0.15) is 56.8 Å². The van der Waals surface area contributed by atoms with E-state index in [-0.39, 0.29) is 22.3 Å². The van der Waals surface area contributed by atoms with Crippen molar-refractivity contribution in [1.82, 2.24) is 0 Å². The number of aryl methyl sites for hydroxylation is 2. The van der Waals surface area contributed by atoms with Crippen LogP contribution in [-0.2, 0) is 28.7 Å². The Morgan fingerprint density at radius 2 is 1.00 bits per heavy atom. The molecule has 2 spiro atoms. The summed E-state index contributed by atoms with van der Waals surface area (Å²) < 4.78 is 10.9. The summed E-state index contributed by atoms with van der Waals surface area (Å²) in [5.41, 5.74) is -5.13. The van der Waals surface area contributed by atoms with Gasteiger partial charge in [-0.1, -0.05) is 0 Å². The largest absolute Gasteiger partial charge is 0.507 e. The molecule has 4 bridgehead atoms. The third-order valence-electron chi connectivity index (χ3n) is 11.8. The third-order valence-corrected chi connectivity index (χ3v) is 11.8. The number of carbonyl (C=O) groups is 6. The minimum atomic E-state index is -2.15. The summed E-state index contributed by atoms with van der Waals surface area (Å²) in [5.74, 6) is -14.4. The van der Waals surface area contributed by atoms with Gasteiger partial charge < -0.3 is 29.9 Å². The molecule has 246 valence electrons. The van der Waals surface area contributed by atoms with Crippen LogP contribution in [-0.4, -0.2) is 68.7 Å². The lowest BCUT2D eigenvalue weighted by atomic mass is 9.44. The van der Waals surface area contributed by atoms with E-state index in [0.717, 1.165) is 13.8 Å². The first-order valence-electron chi connectivity index (χ1n) is 15.6. The van der Waals surface area contributed by atoms with Crippen molar-refractivity contribution in [3.8, 4) is 11.5 Å². The third kappa shape index (κ3) is 3.07.